The molecule has 1 saturated carbocycles. The summed E-state index contributed by atoms with van der Waals surface area (Å²) in [5, 5.41) is 12.1. The summed E-state index contributed by atoms with van der Waals surface area (Å²) in [6.07, 6.45) is 4.04. The fourth-order valence-corrected chi connectivity index (χ4v) is 5.90. The van der Waals surface area contributed by atoms with Crippen LogP contribution in [0.5, 0.6) is 0 Å². The Balaban J connectivity index is 1.26. The Morgan fingerprint density at radius 2 is 1.85 bits per heavy atom. The average Bonchev–Trinajstić information content (AvgIpc) is 3.63. The molecule has 2 heterocycles. The number of carbonyl (C=O) groups excluding carboxylic acids is 3. The molecule has 3 amide bonds. The van der Waals surface area contributed by atoms with Gasteiger partial charge < -0.3 is 26.2 Å². The van der Waals surface area contributed by atoms with Gasteiger partial charge in [0.15, 0.2) is 0 Å². The quantitative estimate of drug-likeness (QED) is 0.389. The Hall–Kier alpha value is -3.62. The van der Waals surface area contributed by atoms with Crippen molar-refractivity contribution >= 4 is 29.1 Å². The van der Waals surface area contributed by atoms with Gasteiger partial charge in [0.25, 0.3) is 0 Å². The van der Waals surface area contributed by atoms with Gasteiger partial charge in [-0.15, -0.1) is 0 Å². The van der Waals surface area contributed by atoms with Crippen molar-refractivity contribution in [2.75, 3.05) is 17.2 Å². The first kappa shape index (κ1) is 27.0. The first-order chi connectivity index (χ1) is 18.9. The van der Waals surface area contributed by atoms with Crippen LogP contribution in [0.2, 0.25) is 0 Å². The molecule has 2 fully saturated rings. The summed E-state index contributed by atoms with van der Waals surface area (Å²) >= 11 is 0. The van der Waals surface area contributed by atoms with Gasteiger partial charge in [0.05, 0.1) is 23.8 Å². The topological polar surface area (TPSA) is 103 Å². The number of benzene rings is 2. The number of hydrogen-bond donors (Lipinski definition) is 4. The minimum atomic E-state index is -0.996. The number of fused-ring (bicyclic) bond motifs is 1. The monoisotopic (exact) mass is 535 g/mol. The summed E-state index contributed by atoms with van der Waals surface area (Å²) in [5.41, 5.74) is 2.09. The van der Waals surface area contributed by atoms with E-state index < -0.39 is 24.2 Å². The number of nitrogens with zero attached hydrogens (tertiary/aromatic N) is 1. The van der Waals surface area contributed by atoms with Crippen LogP contribution in [0.3, 0.4) is 0 Å². The highest BCUT2D eigenvalue weighted by Crippen LogP contribution is 2.47. The van der Waals surface area contributed by atoms with Gasteiger partial charge in [-0.2, -0.15) is 0 Å². The first-order valence-electron chi connectivity index (χ1n) is 14.1. The second-order valence-electron chi connectivity index (χ2n) is 11.0. The molecular formula is C30H38FN5O3. The second kappa shape index (κ2) is 11.6. The Kier molecular flexibility index (Phi) is 8.04. The Morgan fingerprint density at radius 3 is 2.59 bits per heavy atom. The van der Waals surface area contributed by atoms with Crippen molar-refractivity contribution in [1.29, 1.82) is 0 Å². The van der Waals surface area contributed by atoms with Crippen LogP contribution in [0.1, 0.15) is 63.9 Å². The number of para-hydroxylation sites is 1. The van der Waals surface area contributed by atoms with Gasteiger partial charge in [0, 0.05) is 18.5 Å². The standard InChI is InChI=1S/C30H38FN5O3/c1-3-20-12-7-8-15-36(20)26(37)17-25(34-29(38)22-16-21(22)19-10-5-4-6-11-19)30(39)32-18(2)28-33-24-14-9-13-23(31)27(24)35-28/h4-6,9-11,13-14,18,20-22,25,28,33,35H,3,7-8,12,15-17H2,1-2H3,(H,32,39)(H,34,38)/t18-,20-,21-,22+,25-,28?/m0/s1. The molecule has 2 aliphatic heterocycles. The van der Waals surface area contributed by atoms with Crippen LogP contribution in [-0.4, -0.2) is 53.5 Å². The Morgan fingerprint density at radius 1 is 1.05 bits per heavy atom. The molecule has 4 N–H and O–H groups in total. The van der Waals surface area contributed by atoms with Gasteiger partial charge in [0.2, 0.25) is 17.7 Å². The van der Waals surface area contributed by atoms with E-state index in [0.717, 1.165) is 37.7 Å². The maximum atomic E-state index is 14.2. The van der Waals surface area contributed by atoms with Crippen molar-refractivity contribution in [2.24, 2.45) is 5.92 Å². The molecular weight excluding hydrogens is 497 g/mol. The smallest absolute Gasteiger partial charge is 0.243 e. The molecule has 5 rings (SSSR count). The van der Waals surface area contributed by atoms with E-state index in [-0.39, 0.29) is 41.9 Å². The van der Waals surface area contributed by atoms with Gasteiger partial charge in [-0.25, -0.2) is 4.39 Å². The van der Waals surface area contributed by atoms with Crippen LogP contribution in [0, 0.1) is 11.7 Å². The van der Waals surface area contributed by atoms with Gasteiger partial charge in [-0.05, 0) is 62.6 Å². The van der Waals surface area contributed by atoms with E-state index in [0.29, 0.717) is 17.9 Å². The zero-order valence-corrected chi connectivity index (χ0v) is 22.6. The van der Waals surface area contributed by atoms with Gasteiger partial charge in [-0.3, -0.25) is 14.4 Å². The van der Waals surface area contributed by atoms with E-state index in [1.165, 1.54) is 6.07 Å². The van der Waals surface area contributed by atoms with Crippen LogP contribution in [-0.2, 0) is 14.4 Å². The molecule has 9 heteroatoms. The van der Waals surface area contributed by atoms with Gasteiger partial charge in [0.1, 0.15) is 18.0 Å². The molecule has 208 valence electrons. The van der Waals surface area contributed by atoms with Gasteiger partial charge in [-0.1, -0.05) is 43.3 Å². The SMILES string of the molecule is CC[C@H]1CCCCN1C(=O)C[C@H](NC(=O)[C@@H]1C[C@H]1c1ccccc1)C(=O)N[C@@H](C)C1Nc2cccc(F)c2N1. The lowest BCUT2D eigenvalue weighted by Crippen LogP contribution is -2.55. The highest BCUT2D eigenvalue weighted by atomic mass is 19.1. The van der Waals surface area contributed by atoms with E-state index in [2.05, 4.69) is 28.2 Å². The Bertz CT molecular complexity index is 1210. The molecule has 0 bridgehead atoms. The normalized spacial score (nSPS) is 24.9. The lowest BCUT2D eigenvalue weighted by atomic mass is 9.98. The number of halogens is 1. The summed E-state index contributed by atoms with van der Waals surface area (Å²) in [4.78, 5) is 42.0. The molecule has 3 aliphatic rings. The molecule has 2 aromatic rings. The molecule has 2 aromatic carbocycles. The zero-order valence-electron chi connectivity index (χ0n) is 22.6. The molecule has 8 nitrogen and oxygen atoms in total. The summed E-state index contributed by atoms with van der Waals surface area (Å²) in [7, 11) is 0. The fraction of sp³-hybridized carbons (Fsp3) is 0.500. The first-order valence-corrected chi connectivity index (χ1v) is 14.1. The van der Waals surface area contributed by atoms with Crippen molar-refractivity contribution in [1.82, 2.24) is 15.5 Å². The second-order valence-corrected chi connectivity index (χ2v) is 11.0. The predicted molar refractivity (Wildman–Crippen MR) is 149 cm³/mol. The van der Waals surface area contributed by atoms with Crippen molar-refractivity contribution in [3.63, 3.8) is 0 Å². The van der Waals surface area contributed by atoms with Crippen LogP contribution in [0.25, 0.3) is 0 Å². The molecule has 1 aliphatic carbocycles. The fourth-order valence-electron chi connectivity index (χ4n) is 5.90. The number of likely N-dealkylation sites (tertiary alicyclic amines) is 1. The zero-order chi connectivity index (χ0) is 27.5. The number of amides is 3. The van der Waals surface area contributed by atoms with Crippen LogP contribution < -0.4 is 21.3 Å². The molecule has 0 spiro atoms. The van der Waals surface area contributed by atoms with Crippen LogP contribution in [0.4, 0.5) is 15.8 Å². The third-order valence-electron chi connectivity index (χ3n) is 8.28. The minimum Gasteiger partial charge on any atom is -0.362 e. The number of rotatable bonds is 9. The van der Waals surface area contributed by atoms with E-state index in [9.17, 15) is 18.8 Å². The number of hydrogen-bond acceptors (Lipinski definition) is 5. The van der Waals surface area contributed by atoms with E-state index in [4.69, 9.17) is 0 Å². The van der Waals surface area contributed by atoms with Crippen molar-refractivity contribution < 1.29 is 18.8 Å². The highest BCUT2D eigenvalue weighted by Gasteiger charge is 2.45. The molecule has 6 atom stereocenters. The number of piperidine rings is 1. The predicted octanol–water partition coefficient (Wildman–Crippen LogP) is 3.96. The van der Waals surface area contributed by atoms with Crippen molar-refractivity contribution in [2.45, 2.75) is 82.6 Å². The maximum absolute atomic E-state index is 14.2. The van der Waals surface area contributed by atoms with E-state index >= 15 is 0 Å². The minimum absolute atomic E-state index is 0.0934. The third-order valence-corrected chi connectivity index (χ3v) is 8.28. The summed E-state index contributed by atoms with van der Waals surface area (Å²) in [5.74, 6) is -1.22. The number of carbonyl (C=O) groups is 3. The molecule has 39 heavy (non-hydrogen) atoms. The summed E-state index contributed by atoms with van der Waals surface area (Å²) in [6, 6.07) is 13.4. The third kappa shape index (κ3) is 6.02. The maximum Gasteiger partial charge on any atom is 0.243 e. The number of anilines is 2. The van der Waals surface area contributed by atoms with Gasteiger partial charge >= 0.3 is 0 Å². The van der Waals surface area contributed by atoms with Crippen LogP contribution >= 0.6 is 0 Å². The highest BCUT2D eigenvalue weighted by molar-refractivity contribution is 5.94. The molecule has 1 saturated heterocycles. The van der Waals surface area contributed by atoms with Crippen LogP contribution in [0.15, 0.2) is 48.5 Å². The molecule has 0 radical (unpaired) electrons. The Labute approximate surface area is 229 Å². The summed E-state index contributed by atoms with van der Waals surface area (Å²) < 4.78 is 14.2. The summed E-state index contributed by atoms with van der Waals surface area (Å²) in [6.45, 7) is 4.55. The van der Waals surface area contributed by atoms with Crippen molar-refractivity contribution in [3.05, 3.63) is 59.9 Å². The number of nitrogens with one attached hydrogen (secondary N) is 4. The average molecular weight is 536 g/mol. The lowest BCUT2D eigenvalue weighted by molar-refractivity contribution is -0.139. The molecule has 1 unspecified atom stereocenters. The largest absolute Gasteiger partial charge is 0.362 e. The van der Waals surface area contributed by atoms with E-state index in [1.807, 2.05) is 35.2 Å². The molecule has 0 aromatic heterocycles. The van der Waals surface area contributed by atoms with E-state index in [1.54, 1.807) is 19.1 Å². The van der Waals surface area contributed by atoms with Crippen molar-refractivity contribution in [3.8, 4) is 0 Å². The lowest BCUT2D eigenvalue weighted by Gasteiger charge is -2.36.